The Labute approximate surface area is 183 Å². The standard InChI is InChI=1S/C25H20FN3O3/c1-32-22-10-6-5-9-20(22)24(17-7-3-2-4-8-17)27-25(31)21-15-16-23(30)29(28-21)19-13-11-18(26)12-14-19/h2-16,24H,1H3,(H,27,31). The van der Waals surface area contributed by atoms with Gasteiger partial charge in [0.15, 0.2) is 0 Å². The summed E-state index contributed by atoms with van der Waals surface area (Å²) < 4.78 is 19.8. The van der Waals surface area contributed by atoms with Crippen LogP contribution in [-0.4, -0.2) is 22.8 Å². The Balaban J connectivity index is 1.71. The van der Waals surface area contributed by atoms with Crippen molar-refractivity contribution in [3.8, 4) is 11.4 Å². The van der Waals surface area contributed by atoms with Crippen molar-refractivity contribution in [2.75, 3.05) is 7.11 Å². The zero-order valence-electron chi connectivity index (χ0n) is 17.2. The molecule has 1 heterocycles. The zero-order valence-corrected chi connectivity index (χ0v) is 17.2. The second-order valence-corrected chi connectivity index (χ2v) is 7.00. The van der Waals surface area contributed by atoms with Crippen LogP contribution < -0.4 is 15.6 Å². The molecule has 4 rings (SSSR count). The summed E-state index contributed by atoms with van der Waals surface area (Å²) >= 11 is 0. The van der Waals surface area contributed by atoms with E-state index in [0.717, 1.165) is 15.8 Å². The van der Waals surface area contributed by atoms with Gasteiger partial charge < -0.3 is 10.1 Å². The summed E-state index contributed by atoms with van der Waals surface area (Å²) in [6.07, 6.45) is 0. The number of hydrogen-bond donors (Lipinski definition) is 1. The van der Waals surface area contributed by atoms with E-state index in [1.54, 1.807) is 7.11 Å². The number of nitrogens with zero attached hydrogens (tertiary/aromatic N) is 2. The summed E-state index contributed by atoms with van der Waals surface area (Å²) in [5, 5.41) is 7.18. The van der Waals surface area contributed by atoms with Crippen molar-refractivity contribution in [1.82, 2.24) is 15.1 Å². The molecule has 0 saturated carbocycles. The van der Waals surface area contributed by atoms with Crippen molar-refractivity contribution in [3.05, 3.63) is 124 Å². The number of carbonyl (C=O) groups excluding carboxylic acids is 1. The van der Waals surface area contributed by atoms with Crippen molar-refractivity contribution in [1.29, 1.82) is 0 Å². The maximum Gasteiger partial charge on any atom is 0.272 e. The Hall–Kier alpha value is -4.26. The highest BCUT2D eigenvalue weighted by Gasteiger charge is 2.22. The summed E-state index contributed by atoms with van der Waals surface area (Å²) in [5.41, 5.74) is 1.61. The van der Waals surface area contributed by atoms with Gasteiger partial charge in [0, 0.05) is 11.6 Å². The Morgan fingerprint density at radius 3 is 2.34 bits per heavy atom. The number of hydrogen-bond acceptors (Lipinski definition) is 4. The summed E-state index contributed by atoms with van der Waals surface area (Å²) in [7, 11) is 1.57. The molecule has 0 bridgehead atoms. The molecule has 1 N–H and O–H groups in total. The first kappa shape index (κ1) is 21.0. The van der Waals surface area contributed by atoms with Gasteiger partial charge in [0.1, 0.15) is 17.3 Å². The van der Waals surface area contributed by atoms with Crippen LogP contribution in [-0.2, 0) is 0 Å². The first-order chi connectivity index (χ1) is 15.6. The molecule has 160 valence electrons. The topological polar surface area (TPSA) is 73.2 Å². The van der Waals surface area contributed by atoms with E-state index in [4.69, 9.17) is 4.74 Å². The lowest BCUT2D eigenvalue weighted by atomic mass is 9.97. The van der Waals surface area contributed by atoms with Crippen molar-refractivity contribution in [3.63, 3.8) is 0 Å². The van der Waals surface area contributed by atoms with Crippen molar-refractivity contribution < 1.29 is 13.9 Å². The molecule has 1 aromatic heterocycles. The van der Waals surface area contributed by atoms with Gasteiger partial charge in [-0.05, 0) is 42.0 Å². The van der Waals surface area contributed by atoms with Crippen molar-refractivity contribution in [2.45, 2.75) is 6.04 Å². The van der Waals surface area contributed by atoms with Crippen LogP contribution in [0.2, 0.25) is 0 Å². The van der Waals surface area contributed by atoms with Gasteiger partial charge in [-0.15, -0.1) is 0 Å². The molecule has 6 nitrogen and oxygen atoms in total. The lowest BCUT2D eigenvalue weighted by molar-refractivity contribution is 0.0935. The lowest BCUT2D eigenvalue weighted by Crippen LogP contribution is -2.32. The van der Waals surface area contributed by atoms with Crippen LogP contribution in [0.3, 0.4) is 0 Å². The van der Waals surface area contributed by atoms with Crippen LogP contribution in [0.5, 0.6) is 5.75 Å². The van der Waals surface area contributed by atoms with E-state index in [-0.39, 0.29) is 5.69 Å². The highest BCUT2D eigenvalue weighted by Crippen LogP contribution is 2.30. The Bertz CT molecular complexity index is 1290. The van der Waals surface area contributed by atoms with Gasteiger partial charge in [0.05, 0.1) is 18.8 Å². The smallest absolute Gasteiger partial charge is 0.272 e. The molecule has 0 spiro atoms. The normalized spacial score (nSPS) is 11.6. The molecule has 1 unspecified atom stereocenters. The second-order valence-electron chi connectivity index (χ2n) is 7.00. The number of carbonyl (C=O) groups is 1. The molecule has 0 fully saturated rings. The van der Waals surface area contributed by atoms with Gasteiger partial charge >= 0.3 is 0 Å². The predicted molar refractivity (Wildman–Crippen MR) is 119 cm³/mol. The van der Waals surface area contributed by atoms with Gasteiger partial charge in [0.2, 0.25) is 0 Å². The Morgan fingerprint density at radius 2 is 1.62 bits per heavy atom. The van der Waals surface area contributed by atoms with Crippen LogP contribution in [0.4, 0.5) is 4.39 Å². The fourth-order valence-corrected chi connectivity index (χ4v) is 3.40. The first-order valence-electron chi connectivity index (χ1n) is 9.92. The number of para-hydroxylation sites is 1. The zero-order chi connectivity index (χ0) is 22.5. The van der Waals surface area contributed by atoms with Crippen molar-refractivity contribution >= 4 is 5.91 Å². The van der Waals surface area contributed by atoms with Crippen LogP contribution in [0, 0.1) is 5.82 Å². The van der Waals surface area contributed by atoms with Crippen molar-refractivity contribution in [2.24, 2.45) is 0 Å². The van der Waals surface area contributed by atoms with Crippen LogP contribution >= 0.6 is 0 Å². The Kier molecular flexibility index (Phi) is 6.07. The van der Waals surface area contributed by atoms with Crippen LogP contribution in [0.15, 0.2) is 95.8 Å². The number of halogens is 1. The SMILES string of the molecule is COc1ccccc1C(NC(=O)c1ccc(=O)n(-c2ccc(F)cc2)n1)c1ccccc1. The molecular formula is C25H20FN3O3. The van der Waals surface area contributed by atoms with Crippen LogP contribution in [0.1, 0.15) is 27.7 Å². The third-order valence-corrected chi connectivity index (χ3v) is 4.96. The molecule has 0 saturated heterocycles. The number of rotatable bonds is 6. The number of nitrogens with one attached hydrogen (secondary N) is 1. The lowest BCUT2D eigenvalue weighted by Gasteiger charge is -2.22. The maximum absolute atomic E-state index is 13.3. The van der Waals surface area contributed by atoms with E-state index in [9.17, 15) is 14.0 Å². The van der Waals surface area contributed by atoms with Gasteiger partial charge in [-0.2, -0.15) is 9.78 Å². The summed E-state index contributed by atoms with van der Waals surface area (Å²) in [4.78, 5) is 25.4. The summed E-state index contributed by atoms with van der Waals surface area (Å²) in [6, 6.07) is 24.3. The molecule has 32 heavy (non-hydrogen) atoms. The number of benzene rings is 3. The van der Waals surface area contributed by atoms with Gasteiger partial charge in [-0.1, -0.05) is 48.5 Å². The molecule has 0 aliphatic heterocycles. The number of ether oxygens (including phenoxy) is 1. The second kappa shape index (κ2) is 9.26. The Morgan fingerprint density at radius 1 is 0.938 bits per heavy atom. The minimum absolute atomic E-state index is 0.0461. The molecule has 3 aromatic carbocycles. The third-order valence-electron chi connectivity index (χ3n) is 4.96. The number of methoxy groups -OCH3 is 1. The molecule has 7 heteroatoms. The molecule has 0 aliphatic carbocycles. The van der Waals surface area contributed by atoms with E-state index >= 15 is 0 Å². The van der Waals surface area contributed by atoms with E-state index in [2.05, 4.69) is 10.4 Å². The van der Waals surface area contributed by atoms with E-state index < -0.39 is 23.3 Å². The molecule has 1 atom stereocenters. The third kappa shape index (κ3) is 4.41. The largest absolute Gasteiger partial charge is 0.496 e. The average Bonchev–Trinajstić information content (AvgIpc) is 2.84. The van der Waals surface area contributed by atoms with E-state index in [1.165, 1.54) is 36.4 Å². The number of amides is 1. The maximum atomic E-state index is 13.3. The quantitative estimate of drug-likeness (QED) is 0.505. The minimum Gasteiger partial charge on any atom is -0.496 e. The fraction of sp³-hybridized carbons (Fsp3) is 0.0800. The molecule has 4 aromatic rings. The van der Waals surface area contributed by atoms with E-state index in [0.29, 0.717) is 11.4 Å². The van der Waals surface area contributed by atoms with Gasteiger partial charge in [0.25, 0.3) is 11.5 Å². The fourth-order valence-electron chi connectivity index (χ4n) is 3.40. The highest BCUT2D eigenvalue weighted by molar-refractivity contribution is 5.92. The first-order valence-corrected chi connectivity index (χ1v) is 9.92. The van der Waals surface area contributed by atoms with Gasteiger partial charge in [-0.25, -0.2) is 4.39 Å². The summed E-state index contributed by atoms with van der Waals surface area (Å²) in [5.74, 6) is -0.273. The monoisotopic (exact) mass is 429 g/mol. The highest BCUT2D eigenvalue weighted by atomic mass is 19.1. The van der Waals surface area contributed by atoms with Gasteiger partial charge in [-0.3, -0.25) is 9.59 Å². The van der Waals surface area contributed by atoms with Crippen LogP contribution in [0.25, 0.3) is 5.69 Å². The predicted octanol–water partition coefficient (Wildman–Crippen LogP) is 3.90. The van der Waals surface area contributed by atoms with E-state index in [1.807, 2.05) is 54.6 Å². The molecule has 0 aliphatic rings. The molecular weight excluding hydrogens is 409 g/mol. The summed E-state index contributed by atoms with van der Waals surface area (Å²) in [6.45, 7) is 0. The average molecular weight is 429 g/mol. The molecule has 0 radical (unpaired) electrons. The minimum atomic E-state index is -0.507. The number of aromatic nitrogens is 2. The molecule has 1 amide bonds.